The minimum atomic E-state index is 0.675. The number of aromatic nitrogens is 4. The lowest BCUT2D eigenvalue weighted by molar-refractivity contribution is 0.410. The van der Waals surface area contributed by atoms with E-state index in [9.17, 15) is 0 Å². The molecule has 0 bridgehead atoms. The molecule has 0 radical (unpaired) electrons. The molecule has 0 aliphatic rings. The smallest absolute Gasteiger partial charge is 0.213 e. The highest BCUT2D eigenvalue weighted by Crippen LogP contribution is 2.21. The SMILES string of the molecule is CCc1nn(C)c(NCCc2ncon2)c1N. The molecule has 2 heterocycles. The van der Waals surface area contributed by atoms with Gasteiger partial charge in [-0.3, -0.25) is 4.68 Å². The first-order valence-corrected chi connectivity index (χ1v) is 5.52. The Kier molecular flexibility index (Phi) is 3.27. The molecule has 7 nitrogen and oxygen atoms in total. The van der Waals surface area contributed by atoms with Crippen molar-refractivity contribution in [1.82, 2.24) is 19.9 Å². The van der Waals surface area contributed by atoms with Gasteiger partial charge in [0.25, 0.3) is 0 Å². The summed E-state index contributed by atoms with van der Waals surface area (Å²) in [5, 5.41) is 11.3. The van der Waals surface area contributed by atoms with E-state index in [0.29, 0.717) is 24.5 Å². The third kappa shape index (κ3) is 2.38. The Morgan fingerprint density at radius 1 is 1.53 bits per heavy atom. The number of nitrogens with one attached hydrogen (secondary N) is 1. The molecule has 0 atom stereocenters. The zero-order valence-electron chi connectivity index (χ0n) is 9.97. The minimum Gasteiger partial charge on any atom is -0.394 e. The molecule has 0 aromatic carbocycles. The van der Waals surface area contributed by atoms with E-state index in [1.54, 1.807) is 4.68 Å². The number of nitrogens with two attached hydrogens (primary N) is 1. The molecule has 0 aliphatic carbocycles. The molecule has 7 heteroatoms. The average molecular weight is 236 g/mol. The molecule has 0 fully saturated rings. The van der Waals surface area contributed by atoms with Gasteiger partial charge in [0.05, 0.1) is 11.4 Å². The second-order valence-corrected chi connectivity index (χ2v) is 3.71. The Morgan fingerprint density at radius 3 is 2.94 bits per heavy atom. The van der Waals surface area contributed by atoms with Crippen molar-refractivity contribution in [1.29, 1.82) is 0 Å². The van der Waals surface area contributed by atoms with Crippen molar-refractivity contribution in [3.8, 4) is 0 Å². The number of aryl methyl sites for hydroxylation is 2. The van der Waals surface area contributed by atoms with E-state index in [-0.39, 0.29) is 0 Å². The zero-order valence-corrected chi connectivity index (χ0v) is 9.97. The summed E-state index contributed by atoms with van der Waals surface area (Å²) in [6, 6.07) is 0. The molecule has 92 valence electrons. The highest BCUT2D eigenvalue weighted by molar-refractivity contribution is 5.64. The lowest BCUT2D eigenvalue weighted by atomic mass is 10.3. The van der Waals surface area contributed by atoms with E-state index in [1.807, 2.05) is 14.0 Å². The summed E-state index contributed by atoms with van der Waals surface area (Å²) < 4.78 is 6.41. The van der Waals surface area contributed by atoms with Crippen LogP contribution in [0.2, 0.25) is 0 Å². The molecule has 0 saturated carbocycles. The van der Waals surface area contributed by atoms with Gasteiger partial charge >= 0.3 is 0 Å². The molecule has 2 rings (SSSR count). The van der Waals surface area contributed by atoms with Crippen LogP contribution in [0, 0.1) is 0 Å². The Balaban J connectivity index is 1.97. The first kappa shape index (κ1) is 11.4. The number of hydrogen-bond donors (Lipinski definition) is 2. The number of rotatable bonds is 5. The van der Waals surface area contributed by atoms with Gasteiger partial charge in [0.2, 0.25) is 6.39 Å². The third-order valence-corrected chi connectivity index (χ3v) is 2.54. The van der Waals surface area contributed by atoms with Gasteiger partial charge in [-0.15, -0.1) is 0 Å². The number of anilines is 2. The predicted octanol–water partition coefficient (Wildman–Crippen LogP) is 0.602. The van der Waals surface area contributed by atoms with Gasteiger partial charge in [-0.05, 0) is 6.42 Å². The van der Waals surface area contributed by atoms with Crippen LogP contribution < -0.4 is 11.1 Å². The maximum atomic E-state index is 5.98. The van der Waals surface area contributed by atoms with Crippen LogP contribution in [0.3, 0.4) is 0 Å². The van der Waals surface area contributed by atoms with Gasteiger partial charge in [-0.1, -0.05) is 12.1 Å². The van der Waals surface area contributed by atoms with Crippen LogP contribution in [0.4, 0.5) is 11.5 Å². The summed E-state index contributed by atoms with van der Waals surface area (Å²) in [6.07, 6.45) is 2.83. The van der Waals surface area contributed by atoms with Gasteiger partial charge in [0.1, 0.15) is 5.82 Å². The van der Waals surface area contributed by atoms with E-state index >= 15 is 0 Å². The topological polar surface area (TPSA) is 94.8 Å². The van der Waals surface area contributed by atoms with Crippen LogP contribution in [0.15, 0.2) is 10.9 Å². The molecule has 0 unspecified atom stereocenters. The molecule has 0 aliphatic heterocycles. The minimum absolute atomic E-state index is 0.675. The van der Waals surface area contributed by atoms with Crippen LogP contribution >= 0.6 is 0 Å². The fraction of sp³-hybridized carbons (Fsp3) is 0.500. The normalized spacial score (nSPS) is 10.7. The molecule has 3 N–H and O–H groups in total. The fourth-order valence-electron chi connectivity index (χ4n) is 1.66. The van der Waals surface area contributed by atoms with Gasteiger partial charge in [0, 0.05) is 20.0 Å². The zero-order chi connectivity index (χ0) is 12.3. The van der Waals surface area contributed by atoms with E-state index in [4.69, 9.17) is 5.73 Å². The third-order valence-electron chi connectivity index (χ3n) is 2.54. The van der Waals surface area contributed by atoms with Crippen molar-refractivity contribution in [2.75, 3.05) is 17.6 Å². The van der Waals surface area contributed by atoms with Crippen molar-refractivity contribution in [3.63, 3.8) is 0 Å². The predicted molar refractivity (Wildman–Crippen MR) is 63.5 cm³/mol. The Bertz CT molecular complexity index is 475. The van der Waals surface area contributed by atoms with Crippen LogP contribution in [0.1, 0.15) is 18.4 Å². The van der Waals surface area contributed by atoms with E-state index in [1.165, 1.54) is 6.39 Å². The molecule has 0 amide bonds. The Morgan fingerprint density at radius 2 is 2.35 bits per heavy atom. The van der Waals surface area contributed by atoms with Crippen molar-refractivity contribution < 1.29 is 4.52 Å². The lowest BCUT2D eigenvalue weighted by Crippen LogP contribution is -2.10. The molecule has 2 aromatic rings. The van der Waals surface area contributed by atoms with Crippen molar-refractivity contribution >= 4 is 11.5 Å². The molecule has 0 saturated heterocycles. The van der Waals surface area contributed by atoms with Gasteiger partial charge in [-0.2, -0.15) is 10.1 Å². The first-order valence-electron chi connectivity index (χ1n) is 5.52. The second-order valence-electron chi connectivity index (χ2n) is 3.71. The van der Waals surface area contributed by atoms with Crippen LogP contribution in [-0.4, -0.2) is 26.5 Å². The molecule has 0 spiro atoms. The molecular formula is C10H16N6O. The number of nitrogen functional groups attached to an aromatic ring is 1. The highest BCUT2D eigenvalue weighted by atomic mass is 16.5. The summed E-state index contributed by atoms with van der Waals surface area (Å²) >= 11 is 0. The fourth-order valence-corrected chi connectivity index (χ4v) is 1.66. The van der Waals surface area contributed by atoms with Crippen LogP contribution in [-0.2, 0) is 19.9 Å². The maximum absolute atomic E-state index is 5.98. The summed E-state index contributed by atoms with van der Waals surface area (Å²) in [5.41, 5.74) is 7.60. The lowest BCUT2D eigenvalue weighted by Gasteiger charge is -2.05. The molecule has 17 heavy (non-hydrogen) atoms. The summed E-state index contributed by atoms with van der Waals surface area (Å²) in [5.74, 6) is 1.51. The van der Waals surface area contributed by atoms with Crippen molar-refractivity contribution in [2.24, 2.45) is 7.05 Å². The molecule has 2 aromatic heterocycles. The molecular weight excluding hydrogens is 220 g/mol. The monoisotopic (exact) mass is 236 g/mol. The first-order chi connectivity index (χ1) is 8.22. The summed E-state index contributed by atoms with van der Waals surface area (Å²) in [6.45, 7) is 2.72. The second kappa shape index (κ2) is 4.86. The Labute approximate surface area is 99.0 Å². The average Bonchev–Trinajstić information content (AvgIpc) is 2.91. The summed E-state index contributed by atoms with van der Waals surface area (Å²) in [7, 11) is 1.87. The van der Waals surface area contributed by atoms with Gasteiger partial charge < -0.3 is 15.6 Å². The standard InChI is InChI=1S/C10H16N6O/c1-3-7-9(11)10(16(2)14-7)12-5-4-8-13-6-17-15-8/h6,12H,3-5,11H2,1-2H3. The van der Waals surface area contributed by atoms with Crippen molar-refractivity contribution in [3.05, 3.63) is 17.9 Å². The van der Waals surface area contributed by atoms with Crippen LogP contribution in [0.25, 0.3) is 0 Å². The van der Waals surface area contributed by atoms with Gasteiger partial charge in [0.15, 0.2) is 5.82 Å². The van der Waals surface area contributed by atoms with Gasteiger partial charge in [-0.25, -0.2) is 0 Å². The van der Waals surface area contributed by atoms with E-state index in [2.05, 4.69) is 25.1 Å². The Hall–Kier alpha value is -2.05. The number of hydrogen-bond acceptors (Lipinski definition) is 6. The summed E-state index contributed by atoms with van der Waals surface area (Å²) in [4.78, 5) is 3.94. The van der Waals surface area contributed by atoms with Crippen LogP contribution in [0.5, 0.6) is 0 Å². The number of nitrogens with zero attached hydrogens (tertiary/aromatic N) is 4. The quantitative estimate of drug-likeness (QED) is 0.789. The maximum Gasteiger partial charge on any atom is 0.213 e. The largest absolute Gasteiger partial charge is 0.394 e. The highest BCUT2D eigenvalue weighted by Gasteiger charge is 2.11. The van der Waals surface area contributed by atoms with E-state index < -0.39 is 0 Å². The van der Waals surface area contributed by atoms with Crippen molar-refractivity contribution in [2.45, 2.75) is 19.8 Å². The van der Waals surface area contributed by atoms with E-state index in [0.717, 1.165) is 17.9 Å².